The highest BCUT2D eigenvalue weighted by Gasteiger charge is 2.23. The number of carbonyl (C=O) groups is 2. The number of rotatable bonds is 11. The number of nitrogens with one attached hydrogen (secondary N) is 1. The molecule has 0 spiro atoms. The van der Waals surface area contributed by atoms with Crippen LogP contribution in [0.25, 0.3) is 0 Å². The smallest absolute Gasteiger partial charge is 0.467 e. The topological polar surface area (TPSA) is 83.1 Å². The molecule has 2 aromatic carbocycles. The van der Waals surface area contributed by atoms with Gasteiger partial charge >= 0.3 is 13.1 Å². The number of ether oxygens (including phenoxy) is 2. The van der Waals surface area contributed by atoms with Crippen molar-refractivity contribution in [2.24, 2.45) is 0 Å². The summed E-state index contributed by atoms with van der Waals surface area (Å²) < 4.78 is 20.7. The van der Waals surface area contributed by atoms with E-state index < -0.39 is 19.1 Å². The van der Waals surface area contributed by atoms with Crippen molar-refractivity contribution in [3.63, 3.8) is 0 Å². The van der Waals surface area contributed by atoms with E-state index in [9.17, 15) is 9.59 Å². The average molecular weight is 399 g/mol. The van der Waals surface area contributed by atoms with Gasteiger partial charge in [-0.1, -0.05) is 54.6 Å². The van der Waals surface area contributed by atoms with E-state index >= 15 is 0 Å². The van der Waals surface area contributed by atoms with E-state index in [1.54, 1.807) is 14.2 Å². The van der Waals surface area contributed by atoms with Crippen LogP contribution in [-0.4, -0.2) is 53.0 Å². The molecule has 0 bridgehead atoms. The van der Waals surface area contributed by atoms with Crippen molar-refractivity contribution in [1.29, 1.82) is 0 Å². The second kappa shape index (κ2) is 12.0. The highest BCUT2D eigenvalue weighted by atomic mass is 16.6. The minimum Gasteiger partial charge on any atom is -0.467 e. The van der Waals surface area contributed by atoms with Crippen LogP contribution in [0.2, 0.25) is 0 Å². The molecule has 29 heavy (non-hydrogen) atoms. The normalized spacial score (nSPS) is 11.6. The molecule has 2 rings (SSSR count). The van der Waals surface area contributed by atoms with Crippen molar-refractivity contribution in [1.82, 2.24) is 5.32 Å². The van der Waals surface area contributed by atoms with Crippen LogP contribution in [-0.2, 0) is 41.4 Å². The lowest BCUT2D eigenvalue weighted by molar-refractivity contribution is -0.145. The molecule has 0 heterocycles. The predicted molar refractivity (Wildman–Crippen MR) is 110 cm³/mol. The summed E-state index contributed by atoms with van der Waals surface area (Å²) in [6.07, 6.45) is 0.294. The van der Waals surface area contributed by atoms with Gasteiger partial charge < -0.3 is 24.1 Å². The lowest BCUT2D eigenvalue weighted by atomic mass is 9.78. The maximum Gasteiger partial charge on any atom is 0.493 e. The van der Waals surface area contributed by atoms with Crippen molar-refractivity contribution < 1.29 is 28.4 Å². The highest BCUT2D eigenvalue weighted by molar-refractivity contribution is 6.61. The van der Waals surface area contributed by atoms with Crippen LogP contribution in [0.5, 0.6) is 0 Å². The largest absolute Gasteiger partial charge is 0.493 e. The van der Waals surface area contributed by atoms with Crippen molar-refractivity contribution >= 4 is 24.5 Å². The van der Waals surface area contributed by atoms with Crippen LogP contribution in [0.4, 0.5) is 0 Å². The van der Waals surface area contributed by atoms with Gasteiger partial charge in [0.1, 0.15) is 12.6 Å². The molecule has 1 amide bonds. The van der Waals surface area contributed by atoms with E-state index in [1.807, 2.05) is 54.6 Å². The van der Waals surface area contributed by atoms with Crippen molar-refractivity contribution in [3.05, 3.63) is 65.7 Å². The molecule has 154 valence electrons. The second-order valence-electron chi connectivity index (χ2n) is 6.37. The Balaban J connectivity index is 1.91. The summed E-state index contributed by atoms with van der Waals surface area (Å²) in [7, 11) is 3.95. The summed E-state index contributed by atoms with van der Waals surface area (Å²) in [4.78, 5) is 24.3. The zero-order chi connectivity index (χ0) is 21.1. The van der Waals surface area contributed by atoms with Crippen LogP contribution < -0.4 is 10.8 Å². The SMILES string of the molecule is COB(OC)c1ccc(C[C@H](NC(=O)COCc2ccccc2)C(=O)OC)cc1. The third kappa shape index (κ3) is 7.34. The van der Waals surface area contributed by atoms with Crippen LogP contribution in [0, 0.1) is 0 Å². The average Bonchev–Trinajstić information content (AvgIpc) is 2.75. The fraction of sp³-hybridized carbons (Fsp3) is 0.333. The van der Waals surface area contributed by atoms with E-state index in [0.717, 1.165) is 16.6 Å². The number of hydrogen-bond donors (Lipinski definition) is 1. The van der Waals surface area contributed by atoms with E-state index in [2.05, 4.69) is 5.32 Å². The van der Waals surface area contributed by atoms with Crippen LogP contribution in [0.3, 0.4) is 0 Å². The Kier molecular flexibility index (Phi) is 9.36. The van der Waals surface area contributed by atoms with Gasteiger partial charge in [0.2, 0.25) is 5.91 Å². The van der Waals surface area contributed by atoms with Gasteiger partial charge in [-0.05, 0) is 16.6 Å². The van der Waals surface area contributed by atoms with Crippen molar-refractivity contribution in [2.75, 3.05) is 27.9 Å². The Labute approximate surface area is 171 Å². The first-order valence-electron chi connectivity index (χ1n) is 9.20. The standard InChI is InChI=1S/C21H26BNO6/c1-26-21(25)19(13-16-9-11-18(12-10-16)22(27-2)28-3)23-20(24)15-29-14-17-7-5-4-6-8-17/h4-12,19H,13-15H2,1-3H3,(H,23,24)/t19-/m0/s1. The summed E-state index contributed by atoms with van der Waals surface area (Å²) >= 11 is 0. The van der Waals surface area contributed by atoms with Crippen LogP contribution >= 0.6 is 0 Å². The Morgan fingerprint density at radius 2 is 1.59 bits per heavy atom. The molecule has 1 atom stereocenters. The molecule has 0 fully saturated rings. The lowest BCUT2D eigenvalue weighted by Crippen LogP contribution is -2.44. The molecule has 0 saturated carbocycles. The molecule has 1 N–H and O–H groups in total. The summed E-state index contributed by atoms with van der Waals surface area (Å²) in [5, 5.41) is 2.67. The molecule has 8 heteroatoms. The molecule has 2 aromatic rings. The number of esters is 1. The molecular formula is C21H26BNO6. The van der Waals surface area contributed by atoms with E-state index in [-0.39, 0.29) is 12.5 Å². The van der Waals surface area contributed by atoms with Crippen LogP contribution in [0.1, 0.15) is 11.1 Å². The minimum atomic E-state index is -0.806. The van der Waals surface area contributed by atoms with Gasteiger partial charge in [-0.3, -0.25) is 4.79 Å². The molecule has 0 aliphatic rings. The lowest BCUT2D eigenvalue weighted by Gasteiger charge is -2.17. The van der Waals surface area contributed by atoms with E-state index in [4.69, 9.17) is 18.8 Å². The number of methoxy groups -OCH3 is 1. The first-order valence-corrected chi connectivity index (χ1v) is 9.20. The summed E-state index contributed by atoms with van der Waals surface area (Å²) in [5.74, 6) is -0.899. The zero-order valence-corrected chi connectivity index (χ0v) is 16.9. The molecule has 0 aromatic heterocycles. The van der Waals surface area contributed by atoms with E-state index in [0.29, 0.717) is 13.0 Å². The van der Waals surface area contributed by atoms with Gasteiger partial charge in [0, 0.05) is 20.6 Å². The Morgan fingerprint density at radius 3 is 2.17 bits per heavy atom. The minimum absolute atomic E-state index is 0.148. The fourth-order valence-corrected chi connectivity index (χ4v) is 2.82. The maximum absolute atomic E-state index is 12.2. The molecule has 0 unspecified atom stereocenters. The van der Waals surface area contributed by atoms with E-state index in [1.165, 1.54) is 7.11 Å². The maximum atomic E-state index is 12.2. The van der Waals surface area contributed by atoms with Gasteiger partial charge in [0.05, 0.1) is 13.7 Å². The fourth-order valence-electron chi connectivity index (χ4n) is 2.82. The highest BCUT2D eigenvalue weighted by Crippen LogP contribution is 2.06. The number of carbonyl (C=O) groups excluding carboxylic acids is 2. The Morgan fingerprint density at radius 1 is 0.931 bits per heavy atom. The first-order chi connectivity index (χ1) is 14.1. The summed E-state index contributed by atoms with van der Waals surface area (Å²) in [5.41, 5.74) is 2.68. The second-order valence-corrected chi connectivity index (χ2v) is 6.37. The molecule has 7 nitrogen and oxygen atoms in total. The summed E-state index contributed by atoms with van der Waals surface area (Å²) in [6.45, 7) is 0.170. The quantitative estimate of drug-likeness (QED) is 0.450. The number of benzene rings is 2. The first kappa shape index (κ1) is 22.6. The monoisotopic (exact) mass is 399 g/mol. The molecule has 0 saturated heterocycles. The Bertz CT molecular complexity index is 765. The van der Waals surface area contributed by atoms with Crippen LogP contribution in [0.15, 0.2) is 54.6 Å². The molecular weight excluding hydrogens is 373 g/mol. The van der Waals surface area contributed by atoms with Gasteiger partial charge in [0.15, 0.2) is 0 Å². The Hall–Kier alpha value is -2.68. The molecule has 0 aliphatic carbocycles. The third-order valence-corrected chi connectivity index (χ3v) is 4.29. The molecule has 0 radical (unpaired) electrons. The van der Waals surface area contributed by atoms with Crippen molar-refractivity contribution in [2.45, 2.75) is 19.1 Å². The molecule has 0 aliphatic heterocycles. The number of amides is 1. The van der Waals surface area contributed by atoms with Gasteiger partial charge in [0.25, 0.3) is 0 Å². The van der Waals surface area contributed by atoms with Gasteiger partial charge in [-0.2, -0.15) is 0 Å². The van der Waals surface area contributed by atoms with Gasteiger partial charge in [-0.15, -0.1) is 0 Å². The predicted octanol–water partition coefficient (Wildman–Crippen LogP) is 1.09. The van der Waals surface area contributed by atoms with Crippen molar-refractivity contribution in [3.8, 4) is 0 Å². The zero-order valence-electron chi connectivity index (χ0n) is 16.9. The summed E-state index contributed by atoms with van der Waals surface area (Å²) in [6, 6.07) is 16.2. The van der Waals surface area contributed by atoms with Gasteiger partial charge in [-0.25, -0.2) is 4.79 Å². The third-order valence-electron chi connectivity index (χ3n) is 4.29. The number of hydrogen-bond acceptors (Lipinski definition) is 6.